The maximum atomic E-state index is 12.3. The van der Waals surface area contributed by atoms with Crippen LogP contribution >= 0.6 is 11.3 Å². The van der Waals surface area contributed by atoms with Gasteiger partial charge in [0, 0.05) is 11.8 Å². The fraction of sp³-hybridized carbons (Fsp3) is 0.0714. The summed E-state index contributed by atoms with van der Waals surface area (Å²) in [7, 11) is 1.50. The molecule has 3 rings (SSSR count). The van der Waals surface area contributed by atoms with Crippen molar-refractivity contribution in [3.05, 3.63) is 42.1 Å². The predicted molar refractivity (Wildman–Crippen MR) is 82.8 cm³/mol. The lowest BCUT2D eigenvalue weighted by Gasteiger charge is -2.08. The topological polar surface area (TPSA) is 90.1 Å². The first-order valence-electron chi connectivity index (χ1n) is 6.14. The number of nitrogens with zero attached hydrogens (tertiary/aromatic N) is 2. The lowest BCUT2D eigenvalue weighted by molar-refractivity contribution is 0.102. The Bertz CT molecular complexity index is 816. The van der Waals surface area contributed by atoms with Crippen molar-refractivity contribution in [3.8, 4) is 5.88 Å². The molecule has 2 heterocycles. The summed E-state index contributed by atoms with van der Waals surface area (Å²) in [5.74, 6) is 0.129. The van der Waals surface area contributed by atoms with E-state index in [1.165, 1.54) is 18.4 Å². The van der Waals surface area contributed by atoms with E-state index in [-0.39, 0.29) is 5.91 Å². The molecular weight excluding hydrogens is 288 g/mol. The molecule has 0 spiro atoms. The molecule has 0 saturated carbocycles. The molecule has 1 amide bonds. The van der Waals surface area contributed by atoms with Crippen molar-refractivity contribution in [3.63, 3.8) is 0 Å². The maximum absolute atomic E-state index is 12.3. The van der Waals surface area contributed by atoms with Crippen LogP contribution in [-0.2, 0) is 0 Å². The molecule has 3 N–H and O–H groups in total. The highest BCUT2D eigenvalue weighted by molar-refractivity contribution is 7.22. The van der Waals surface area contributed by atoms with E-state index in [2.05, 4.69) is 15.3 Å². The van der Waals surface area contributed by atoms with Gasteiger partial charge in [-0.3, -0.25) is 4.79 Å². The number of hydrogen-bond donors (Lipinski definition) is 2. The zero-order valence-corrected chi connectivity index (χ0v) is 12.0. The molecule has 0 aliphatic heterocycles. The van der Waals surface area contributed by atoms with Crippen molar-refractivity contribution in [2.45, 2.75) is 0 Å². The van der Waals surface area contributed by atoms with Crippen molar-refractivity contribution in [2.24, 2.45) is 0 Å². The van der Waals surface area contributed by atoms with Gasteiger partial charge in [-0.1, -0.05) is 11.3 Å². The Morgan fingerprint density at radius 1 is 1.38 bits per heavy atom. The summed E-state index contributed by atoms with van der Waals surface area (Å²) in [5.41, 5.74) is 7.49. The van der Waals surface area contributed by atoms with Crippen LogP contribution in [-0.4, -0.2) is 23.0 Å². The van der Waals surface area contributed by atoms with Gasteiger partial charge in [-0.15, -0.1) is 0 Å². The van der Waals surface area contributed by atoms with Gasteiger partial charge < -0.3 is 15.8 Å². The number of aromatic nitrogens is 2. The lowest BCUT2D eigenvalue weighted by Crippen LogP contribution is -2.12. The number of pyridine rings is 1. The molecule has 2 aromatic heterocycles. The van der Waals surface area contributed by atoms with Crippen LogP contribution in [0.3, 0.4) is 0 Å². The number of nitrogen functional groups attached to an aromatic ring is 1. The van der Waals surface area contributed by atoms with Gasteiger partial charge in [0.05, 0.1) is 17.3 Å². The highest BCUT2D eigenvalue weighted by Gasteiger charge is 2.11. The molecule has 21 heavy (non-hydrogen) atoms. The average molecular weight is 300 g/mol. The fourth-order valence-corrected chi connectivity index (χ4v) is 2.70. The summed E-state index contributed by atoms with van der Waals surface area (Å²) in [5, 5.41) is 3.26. The molecule has 0 aliphatic rings. The van der Waals surface area contributed by atoms with E-state index in [1.807, 2.05) is 0 Å². The SMILES string of the molecule is COc1ncccc1NC(=O)c1ccc2nc(N)sc2c1. The Balaban J connectivity index is 1.89. The Morgan fingerprint density at radius 2 is 2.24 bits per heavy atom. The van der Waals surface area contributed by atoms with E-state index in [0.29, 0.717) is 22.3 Å². The number of amides is 1. The van der Waals surface area contributed by atoms with Crippen LogP contribution < -0.4 is 15.8 Å². The largest absolute Gasteiger partial charge is 0.480 e. The molecule has 0 atom stereocenters. The van der Waals surface area contributed by atoms with E-state index < -0.39 is 0 Å². The average Bonchev–Trinajstić information content (AvgIpc) is 2.86. The second kappa shape index (κ2) is 5.37. The second-order valence-electron chi connectivity index (χ2n) is 4.25. The van der Waals surface area contributed by atoms with Gasteiger partial charge in [0.1, 0.15) is 5.69 Å². The third kappa shape index (κ3) is 2.63. The van der Waals surface area contributed by atoms with Crippen LogP contribution in [0.15, 0.2) is 36.5 Å². The summed E-state index contributed by atoms with van der Waals surface area (Å²) >= 11 is 1.35. The summed E-state index contributed by atoms with van der Waals surface area (Å²) < 4.78 is 5.98. The maximum Gasteiger partial charge on any atom is 0.255 e. The van der Waals surface area contributed by atoms with E-state index in [9.17, 15) is 4.79 Å². The Kier molecular flexibility index (Phi) is 3.41. The minimum atomic E-state index is -0.241. The van der Waals surface area contributed by atoms with Crippen LogP contribution in [0.5, 0.6) is 5.88 Å². The van der Waals surface area contributed by atoms with Crippen LogP contribution in [0.1, 0.15) is 10.4 Å². The number of thiazole rings is 1. The molecular formula is C14H12N4O2S. The van der Waals surface area contributed by atoms with Crippen molar-refractivity contribution >= 4 is 38.3 Å². The zero-order valence-electron chi connectivity index (χ0n) is 11.2. The van der Waals surface area contributed by atoms with Gasteiger partial charge >= 0.3 is 0 Å². The number of nitrogens with two attached hydrogens (primary N) is 1. The van der Waals surface area contributed by atoms with Crippen LogP contribution in [0, 0.1) is 0 Å². The van der Waals surface area contributed by atoms with Gasteiger partial charge in [-0.05, 0) is 30.3 Å². The van der Waals surface area contributed by atoms with Crippen molar-refractivity contribution < 1.29 is 9.53 Å². The van der Waals surface area contributed by atoms with Crippen molar-refractivity contribution in [1.82, 2.24) is 9.97 Å². The number of methoxy groups -OCH3 is 1. The Labute approximate surface area is 124 Å². The van der Waals surface area contributed by atoms with Crippen molar-refractivity contribution in [2.75, 3.05) is 18.2 Å². The smallest absolute Gasteiger partial charge is 0.255 e. The molecule has 6 nitrogen and oxygen atoms in total. The molecule has 7 heteroatoms. The quantitative estimate of drug-likeness (QED) is 0.775. The summed E-state index contributed by atoms with van der Waals surface area (Å²) in [6, 6.07) is 8.71. The molecule has 0 unspecified atom stereocenters. The molecule has 0 radical (unpaired) electrons. The standard InChI is InChI=1S/C14H12N4O2S/c1-20-13-10(3-2-6-16-13)17-12(19)8-4-5-9-11(7-8)21-14(15)18-9/h2-7H,1H3,(H2,15,18)(H,17,19). The number of anilines is 2. The molecule has 106 valence electrons. The Hall–Kier alpha value is -2.67. The van der Waals surface area contributed by atoms with E-state index >= 15 is 0 Å². The minimum absolute atomic E-state index is 0.241. The van der Waals surface area contributed by atoms with E-state index in [0.717, 1.165) is 10.2 Å². The van der Waals surface area contributed by atoms with Gasteiger partial charge in [-0.25, -0.2) is 9.97 Å². The first kappa shape index (κ1) is 13.3. The number of ether oxygens (including phenoxy) is 1. The van der Waals surface area contributed by atoms with Gasteiger partial charge in [0.2, 0.25) is 5.88 Å². The molecule has 0 aliphatic carbocycles. The molecule has 0 saturated heterocycles. The number of nitrogens with one attached hydrogen (secondary N) is 1. The van der Waals surface area contributed by atoms with Crippen molar-refractivity contribution in [1.29, 1.82) is 0 Å². The molecule has 3 aromatic rings. The van der Waals surface area contributed by atoms with Gasteiger partial charge in [-0.2, -0.15) is 0 Å². The van der Waals surface area contributed by atoms with Gasteiger partial charge in [0.25, 0.3) is 5.91 Å². The van der Waals surface area contributed by atoms with Gasteiger partial charge in [0.15, 0.2) is 5.13 Å². The van der Waals surface area contributed by atoms with E-state index in [1.54, 1.807) is 36.5 Å². The first-order chi connectivity index (χ1) is 10.2. The number of fused-ring (bicyclic) bond motifs is 1. The second-order valence-corrected chi connectivity index (χ2v) is 5.31. The number of hydrogen-bond acceptors (Lipinski definition) is 6. The minimum Gasteiger partial charge on any atom is -0.480 e. The highest BCUT2D eigenvalue weighted by Crippen LogP contribution is 2.26. The first-order valence-corrected chi connectivity index (χ1v) is 6.95. The zero-order chi connectivity index (χ0) is 14.8. The van der Waals surface area contributed by atoms with Crippen LogP contribution in [0.4, 0.5) is 10.8 Å². The highest BCUT2D eigenvalue weighted by atomic mass is 32.1. The third-order valence-corrected chi connectivity index (χ3v) is 3.73. The summed E-state index contributed by atoms with van der Waals surface area (Å²) in [6.45, 7) is 0. The molecule has 0 fully saturated rings. The summed E-state index contributed by atoms with van der Waals surface area (Å²) in [6.07, 6.45) is 1.60. The number of carbonyl (C=O) groups excluding carboxylic acids is 1. The summed E-state index contributed by atoms with van der Waals surface area (Å²) in [4.78, 5) is 20.5. The third-order valence-electron chi connectivity index (χ3n) is 2.88. The number of benzene rings is 1. The number of carbonyl (C=O) groups is 1. The normalized spacial score (nSPS) is 10.5. The Morgan fingerprint density at radius 3 is 3.05 bits per heavy atom. The fourth-order valence-electron chi connectivity index (χ4n) is 1.93. The predicted octanol–water partition coefficient (Wildman–Crippen LogP) is 2.53. The monoisotopic (exact) mass is 300 g/mol. The molecule has 1 aromatic carbocycles. The lowest BCUT2D eigenvalue weighted by atomic mass is 10.2. The van der Waals surface area contributed by atoms with Crippen LogP contribution in [0.2, 0.25) is 0 Å². The van der Waals surface area contributed by atoms with E-state index in [4.69, 9.17) is 10.5 Å². The number of rotatable bonds is 3. The van der Waals surface area contributed by atoms with Crippen LogP contribution in [0.25, 0.3) is 10.2 Å². The molecule has 0 bridgehead atoms.